The van der Waals surface area contributed by atoms with Gasteiger partial charge in [0.05, 0.1) is 0 Å². The first-order valence-corrected chi connectivity index (χ1v) is 3.94. The molecule has 7 heteroatoms. The highest BCUT2D eigenvalue weighted by Crippen LogP contribution is 2.17. The Morgan fingerprint density at radius 3 is 2.47 bits per heavy atom. The van der Waals surface area contributed by atoms with E-state index in [4.69, 9.17) is 15.3 Å². The van der Waals surface area contributed by atoms with Crippen molar-refractivity contribution in [1.29, 1.82) is 0 Å². The second-order valence-corrected chi connectivity index (χ2v) is 2.88. The molecule has 1 aromatic heterocycles. The number of pyridine rings is 1. The molecule has 0 fully saturated rings. The highest BCUT2D eigenvalue weighted by atomic mass is 16.4. The van der Waals surface area contributed by atoms with E-state index in [2.05, 4.69) is 4.98 Å². The Bertz CT molecular complexity index is 425. The van der Waals surface area contributed by atoms with E-state index >= 15 is 0 Å². The summed E-state index contributed by atoms with van der Waals surface area (Å²) in [5, 5.41) is 35.7. The number of hydrogen-bond acceptors (Lipinski definition) is 5. The zero-order valence-electron chi connectivity index (χ0n) is 7.41. The van der Waals surface area contributed by atoms with Gasteiger partial charge in [-0.1, -0.05) is 0 Å². The maximum absolute atomic E-state index is 10.7. The van der Waals surface area contributed by atoms with E-state index in [0.29, 0.717) is 0 Å². The maximum Gasteiger partial charge on any atom is 0.335 e. The van der Waals surface area contributed by atoms with Crippen LogP contribution in [0.25, 0.3) is 0 Å². The first kappa shape index (κ1) is 11.2. The summed E-state index contributed by atoms with van der Waals surface area (Å²) in [7, 11) is 0. The quantitative estimate of drug-likeness (QED) is 0.419. The number of hydrogen-bond donors (Lipinski definition) is 5. The molecule has 0 aromatic carbocycles. The molecule has 0 aliphatic carbocycles. The van der Waals surface area contributed by atoms with E-state index in [1.54, 1.807) is 0 Å². The average molecular weight is 215 g/mol. The van der Waals surface area contributed by atoms with Crippen LogP contribution in [0.2, 0.25) is 0 Å². The number of aromatic nitrogens is 1. The van der Waals surface area contributed by atoms with Gasteiger partial charge in [0, 0.05) is 11.8 Å². The van der Waals surface area contributed by atoms with Crippen LogP contribution in [0.5, 0.6) is 5.75 Å². The number of aliphatic hydroxyl groups excluding tert-OH is 2. The third-order valence-electron chi connectivity index (χ3n) is 1.80. The van der Waals surface area contributed by atoms with E-state index < -0.39 is 29.5 Å². The Kier molecular flexibility index (Phi) is 3.08. The van der Waals surface area contributed by atoms with Gasteiger partial charge in [0.2, 0.25) is 0 Å². The van der Waals surface area contributed by atoms with E-state index in [0.717, 1.165) is 12.3 Å². The molecule has 5 N–H and O–H groups in total. The predicted molar refractivity (Wildman–Crippen MR) is 47.3 cm³/mol. The summed E-state index contributed by atoms with van der Waals surface area (Å²) in [6.45, 7) is 0. The fourth-order valence-electron chi connectivity index (χ4n) is 0.976. The van der Waals surface area contributed by atoms with Crippen LogP contribution in [0.1, 0.15) is 11.7 Å². The first-order valence-electron chi connectivity index (χ1n) is 3.94. The number of H-pyrrole nitrogens is 1. The van der Waals surface area contributed by atoms with E-state index in [1.165, 1.54) is 0 Å². The van der Waals surface area contributed by atoms with Crippen LogP contribution in [0.4, 0.5) is 0 Å². The second-order valence-electron chi connectivity index (χ2n) is 2.88. The summed E-state index contributed by atoms with van der Waals surface area (Å²) in [4.78, 5) is 23.1. The topological polar surface area (TPSA) is 131 Å². The van der Waals surface area contributed by atoms with Gasteiger partial charge in [-0.2, -0.15) is 0 Å². The van der Waals surface area contributed by atoms with Gasteiger partial charge in [0.25, 0.3) is 5.56 Å². The van der Waals surface area contributed by atoms with Gasteiger partial charge in [-0.25, -0.2) is 4.79 Å². The Labute approximate surface area is 83.2 Å². The SMILES string of the molecule is O=C(O)C(O)C(O)c1c[nH]c(=O)c(O)c1. The average Bonchev–Trinajstić information content (AvgIpc) is 2.19. The minimum atomic E-state index is -2.02. The number of aromatic amines is 1. The summed E-state index contributed by atoms with van der Waals surface area (Å²) in [6.07, 6.45) is -2.72. The number of aromatic hydroxyl groups is 1. The number of aliphatic hydroxyl groups is 2. The third-order valence-corrected chi connectivity index (χ3v) is 1.80. The van der Waals surface area contributed by atoms with Crippen LogP contribution < -0.4 is 5.56 Å². The van der Waals surface area contributed by atoms with E-state index in [-0.39, 0.29) is 5.56 Å². The molecule has 1 aromatic rings. The maximum atomic E-state index is 10.7. The minimum Gasteiger partial charge on any atom is -0.503 e. The molecule has 2 unspecified atom stereocenters. The van der Waals surface area contributed by atoms with Gasteiger partial charge >= 0.3 is 5.97 Å². The molecular weight excluding hydrogens is 206 g/mol. The normalized spacial score (nSPS) is 14.5. The molecule has 0 spiro atoms. The number of carboxylic acid groups (broad SMARTS) is 1. The Morgan fingerprint density at radius 1 is 1.40 bits per heavy atom. The van der Waals surface area contributed by atoms with Gasteiger partial charge in [0.1, 0.15) is 6.10 Å². The summed E-state index contributed by atoms with van der Waals surface area (Å²) >= 11 is 0. The highest BCUT2D eigenvalue weighted by Gasteiger charge is 2.25. The van der Waals surface area contributed by atoms with Crippen molar-refractivity contribution >= 4 is 5.97 Å². The molecule has 0 aliphatic rings. The van der Waals surface area contributed by atoms with Crippen LogP contribution in [-0.2, 0) is 4.79 Å². The largest absolute Gasteiger partial charge is 0.503 e. The van der Waals surface area contributed by atoms with Crippen LogP contribution in [0.3, 0.4) is 0 Å². The molecule has 0 radical (unpaired) electrons. The molecular formula is C8H9NO6. The zero-order chi connectivity index (χ0) is 11.6. The Hall–Kier alpha value is -1.86. The lowest BCUT2D eigenvalue weighted by Gasteiger charge is -2.13. The van der Waals surface area contributed by atoms with Gasteiger partial charge in [-0.3, -0.25) is 4.79 Å². The molecule has 1 rings (SSSR count). The molecule has 2 atom stereocenters. The Morgan fingerprint density at radius 2 is 2.00 bits per heavy atom. The highest BCUT2D eigenvalue weighted by molar-refractivity contribution is 5.73. The van der Waals surface area contributed by atoms with Crippen LogP contribution in [-0.4, -0.2) is 37.5 Å². The van der Waals surface area contributed by atoms with Gasteiger partial charge < -0.3 is 25.4 Å². The minimum absolute atomic E-state index is 0.0954. The molecule has 1 heterocycles. The van der Waals surface area contributed by atoms with Crippen molar-refractivity contribution in [3.05, 3.63) is 28.2 Å². The Balaban J connectivity index is 3.01. The summed E-state index contributed by atoms with van der Waals surface area (Å²) in [6, 6.07) is 0.885. The summed E-state index contributed by atoms with van der Waals surface area (Å²) in [5.74, 6) is -2.27. The molecule has 82 valence electrons. The van der Waals surface area contributed by atoms with Crippen molar-refractivity contribution in [1.82, 2.24) is 4.98 Å². The van der Waals surface area contributed by atoms with Gasteiger partial charge in [-0.05, 0) is 6.07 Å². The van der Waals surface area contributed by atoms with Crippen molar-refractivity contribution in [2.45, 2.75) is 12.2 Å². The lowest BCUT2D eigenvalue weighted by atomic mass is 10.1. The number of rotatable bonds is 3. The predicted octanol–water partition coefficient (Wildman–Crippen LogP) is -1.44. The number of carbonyl (C=O) groups is 1. The second kappa shape index (κ2) is 4.11. The van der Waals surface area contributed by atoms with E-state index in [1.807, 2.05) is 0 Å². The third kappa shape index (κ3) is 2.33. The van der Waals surface area contributed by atoms with Crippen LogP contribution in [0.15, 0.2) is 17.1 Å². The zero-order valence-corrected chi connectivity index (χ0v) is 7.41. The van der Waals surface area contributed by atoms with Gasteiger partial charge in [-0.15, -0.1) is 0 Å². The molecule has 0 saturated carbocycles. The number of carboxylic acids is 1. The molecule has 0 amide bonds. The van der Waals surface area contributed by atoms with Crippen molar-refractivity contribution in [3.63, 3.8) is 0 Å². The molecule has 0 saturated heterocycles. The number of aliphatic carboxylic acids is 1. The fraction of sp³-hybridized carbons (Fsp3) is 0.250. The van der Waals surface area contributed by atoms with Crippen molar-refractivity contribution in [3.8, 4) is 5.75 Å². The van der Waals surface area contributed by atoms with Crippen molar-refractivity contribution in [2.75, 3.05) is 0 Å². The smallest absolute Gasteiger partial charge is 0.335 e. The lowest BCUT2D eigenvalue weighted by molar-refractivity contribution is -0.153. The number of nitrogens with one attached hydrogen (secondary N) is 1. The summed E-state index contributed by atoms with van der Waals surface area (Å²) < 4.78 is 0. The van der Waals surface area contributed by atoms with Gasteiger partial charge in [0.15, 0.2) is 11.9 Å². The lowest BCUT2D eigenvalue weighted by Crippen LogP contribution is -2.27. The molecule has 15 heavy (non-hydrogen) atoms. The standard InChI is InChI=1S/C8H9NO6/c10-4-1-3(2-9-7(4)13)5(11)6(12)8(14)15/h1-2,5-6,10-12H,(H,9,13)(H,14,15). The molecule has 7 nitrogen and oxygen atoms in total. The van der Waals surface area contributed by atoms with E-state index in [9.17, 15) is 14.7 Å². The van der Waals surface area contributed by atoms with Crippen LogP contribution >= 0.6 is 0 Å². The molecule has 0 bridgehead atoms. The first-order chi connectivity index (χ1) is 6.93. The van der Waals surface area contributed by atoms with Crippen LogP contribution in [0, 0.1) is 0 Å². The fourth-order valence-corrected chi connectivity index (χ4v) is 0.976. The summed E-state index contributed by atoms with van der Waals surface area (Å²) in [5.41, 5.74) is -0.863. The van der Waals surface area contributed by atoms with Crippen molar-refractivity contribution in [2.24, 2.45) is 0 Å². The monoisotopic (exact) mass is 215 g/mol. The van der Waals surface area contributed by atoms with Crippen molar-refractivity contribution < 1.29 is 25.2 Å². The molecule has 0 aliphatic heterocycles.